The molecular weight excluding hydrogens is 445 g/mol. The van der Waals surface area contributed by atoms with Crippen LogP contribution in [0.5, 0.6) is 5.88 Å². The molecule has 3 unspecified atom stereocenters. The van der Waals surface area contributed by atoms with Crippen molar-refractivity contribution >= 4 is 12.0 Å². The number of rotatable bonds is 8. The first-order valence-electron chi connectivity index (χ1n) is 10.8. The summed E-state index contributed by atoms with van der Waals surface area (Å²) in [5.41, 5.74) is 6.75. The van der Waals surface area contributed by atoms with E-state index in [-0.39, 0.29) is 36.6 Å². The third-order valence-electron chi connectivity index (χ3n) is 5.67. The van der Waals surface area contributed by atoms with Crippen molar-refractivity contribution in [2.75, 3.05) is 7.11 Å². The molecule has 0 radical (unpaired) electrons. The van der Waals surface area contributed by atoms with Gasteiger partial charge < -0.3 is 20.1 Å². The summed E-state index contributed by atoms with van der Waals surface area (Å²) in [7, 11) is 1.48. The van der Waals surface area contributed by atoms with Gasteiger partial charge in [-0.2, -0.15) is 13.2 Å². The minimum absolute atomic E-state index is 0.0666. The minimum atomic E-state index is -4.35. The fourth-order valence-corrected chi connectivity index (χ4v) is 4.16. The highest BCUT2D eigenvalue weighted by atomic mass is 19.4. The summed E-state index contributed by atoms with van der Waals surface area (Å²) in [5.74, 6) is 0.375. The summed E-state index contributed by atoms with van der Waals surface area (Å²) in [6, 6.07) is -0.986. The molecule has 5 atom stereocenters. The topological polar surface area (TPSA) is 127 Å². The lowest BCUT2D eigenvalue weighted by atomic mass is 9.96. The van der Waals surface area contributed by atoms with Crippen molar-refractivity contribution in [3.05, 3.63) is 18.1 Å². The Labute approximate surface area is 189 Å². The first-order valence-corrected chi connectivity index (χ1v) is 10.8. The lowest BCUT2D eigenvalue weighted by molar-refractivity contribution is -0.138. The molecule has 10 nitrogen and oxygen atoms in total. The summed E-state index contributed by atoms with van der Waals surface area (Å²) >= 11 is 0. The standard InChI is InChI=1S/C20H29F3N6O4/c1-11(8-20(21,22)23)26-19(31)33-14-4-3-12(5-14)15-7-16(29-28-15)27-17(30)6-13-9-25-18(32-2)10-24-13/h9-12,14-16,28-29H,3-8H2,1-2H3,(H,26,31)(H,27,30)/t11?,12-,14+,15?,16?/m0/s1. The van der Waals surface area contributed by atoms with Gasteiger partial charge >= 0.3 is 12.3 Å². The number of amides is 2. The molecule has 184 valence electrons. The maximum absolute atomic E-state index is 12.4. The number of methoxy groups -OCH3 is 1. The van der Waals surface area contributed by atoms with E-state index >= 15 is 0 Å². The fraction of sp³-hybridized carbons (Fsp3) is 0.700. The van der Waals surface area contributed by atoms with Crippen molar-refractivity contribution in [3.8, 4) is 5.88 Å². The molecule has 0 spiro atoms. The number of carbonyl (C=O) groups is 2. The smallest absolute Gasteiger partial charge is 0.407 e. The predicted molar refractivity (Wildman–Crippen MR) is 110 cm³/mol. The maximum atomic E-state index is 12.4. The second-order valence-electron chi connectivity index (χ2n) is 8.44. The molecule has 0 bridgehead atoms. The van der Waals surface area contributed by atoms with Crippen LogP contribution in [-0.2, 0) is 16.0 Å². The maximum Gasteiger partial charge on any atom is 0.407 e. The van der Waals surface area contributed by atoms with Crippen LogP contribution in [0.1, 0.15) is 44.7 Å². The second kappa shape index (κ2) is 11.0. The van der Waals surface area contributed by atoms with Crippen molar-refractivity contribution in [2.24, 2.45) is 5.92 Å². The number of ether oxygens (including phenoxy) is 2. The van der Waals surface area contributed by atoms with E-state index < -0.39 is 24.7 Å². The van der Waals surface area contributed by atoms with Gasteiger partial charge in [-0.05, 0) is 38.5 Å². The number of hydrazine groups is 1. The van der Waals surface area contributed by atoms with E-state index in [0.29, 0.717) is 30.8 Å². The molecule has 13 heteroatoms. The molecule has 3 rings (SSSR count). The zero-order valence-electron chi connectivity index (χ0n) is 18.4. The Bertz CT molecular complexity index is 810. The van der Waals surface area contributed by atoms with Crippen LogP contribution in [0.25, 0.3) is 0 Å². The van der Waals surface area contributed by atoms with Crippen LogP contribution in [0.4, 0.5) is 18.0 Å². The number of aromatic nitrogens is 2. The number of halogens is 3. The average molecular weight is 474 g/mol. The van der Waals surface area contributed by atoms with Gasteiger partial charge in [0.1, 0.15) is 6.10 Å². The fourth-order valence-electron chi connectivity index (χ4n) is 4.16. The van der Waals surface area contributed by atoms with Gasteiger partial charge in [0.05, 0.1) is 44.2 Å². The molecule has 1 aromatic heterocycles. The van der Waals surface area contributed by atoms with Gasteiger partial charge in [-0.25, -0.2) is 15.2 Å². The zero-order chi connectivity index (χ0) is 24.0. The van der Waals surface area contributed by atoms with Gasteiger partial charge in [0.25, 0.3) is 0 Å². The first-order chi connectivity index (χ1) is 15.6. The number of alkyl carbamates (subject to hydrolysis) is 1. The lowest BCUT2D eigenvalue weighted by Gasteiger charge is -2.20. The molecular formula is C20H29F3N6O4. The molecule has 2 fully saturated rings. The van der Waals surface area contributed by atoms with Gasteiger partial charge in [0.2, 0.25) is 11.8 Å². The first kappa shape index (κ1) is 25.0. The second-order valence-corrected chi connectivity index (χ2v) is 8.44. The number of hydrogen-bond acceptors (Lipinski definition) is 8. The minimum Gasteiger partial charge on any atom is -0.480 e. The molecule has 4 N–H and O–H groups in total. The summed E-state index contributed by atoms with van der Waals surface area (Å²) < 4.78 is 47.4. The monoisotopic (exact) mass is 474 g/mol. The van der Waals surface area contributed by atoms with Crippen LogP contribution in [0, 0.1) is 5.92 Å². The average Bonchev–Trinajstić information content (AvgIpc) is 3.36. The lowest BCUT2D eigenvalue weighted by Crippen LogP contribution is -2.45. The van der Waals surface area contributed by atoms with Gasteiger partial charge in [-0.1, -0.05) is 0 Å². The Morgan fingerprint density at radius 3 is 2.67 bits per heavy atom. The molecule has 33 heavy (non-hydrogen) atoms. The van der Waals surface area contributed by atoms with Gasteiger partial charge in [0.15, 0.2) is 0 Å². The van der Waals surface area contributed by atoms with Crippen LogP contribution in [0.15, 0.2) is 12.4 Å². The van der Waals surface area contributed by atoms with E-state index in [1.54, 1.807) is 0 Å². The third-order valence-corrected chi connectivity index (χ3v) is 5.67. The van der Waals surface area contributed by atoms with Gasteiger partial charge in [-0.15, -0.1) is 0 Å². The van der Waals surface area contributed by atoms with Crippen molar-refractivity contribution in [1.82, 2.24) is 31.5 Å². The third kappa shape index (κ3) is 8.00. The highest BCUT2D eigenvalue weighted by Gasteiger charge is 2.37. The molecule has 1 saturated heterocycles. The van der Waals surface area contributed by atoms with E-state index in [0.717, 1.165) is 6.42 Å². The molecule has 2 amide bonds. The number of alkyl halides is 3. The number of nitrogens with one attached hydrogen (secondary N) is 4. The summed E-state index contributed by atoms with van der Waals surface area (Å²) in [5, 5.41) is 5.12. The molecule has 2 aliphatic rings. The van der Waals surface area contributed by atoms with E-state index in [1.165, 1.54) is 26.4 Å². The molecule has 1 aromatic rings. The quantitative estimate of drug-likeness (QED) is 0.447. The Kier molecular flexibility index (Phi) is 8.30. The summed E-state index contributed by atoms with van der Waals surface area (Å²) in [6.07, 6.45) is -1.20. The van der Waals surface area contributed by atoms with Crippen molar-refractivity contribution in [2.45, 2.75) is 76.0 Å². The Balaban J connectivity index is 1.37. The molecule has 1 aliphatic heterocycles. The van der Waals surface area contributed by atoms with E-state index in [4.69, 9.17) is 9.47 Å². The molecule has 1 saturated carbocycles. The zero-order valence-corrected chi connectivity index (χ0v) is 18.4. The Hall–Kier alpha value is -2.67. The Morgan fingerprint density at radius 2 is 2.00 bits per heavy atom. The highest BCUT2D eigenvalue weighted by Crippen LogP contribution is 2.33. The summed E-state index contributed by atoms with van der Waals surface area (Å²) in [6.45, 7) is 1.29. The normalized spacial score (nSPS) is 26.0. The van der Waals surface area contributed by atoms with Crippen LogP contribution in [-0.4, -0.2) is 59.6 Å². The van der Waals surface area contributed by atoms with Gasteiger partial charge in [0, 0.05) is 12.1 Å². The largest absolute Gasteiger partial charge is 0.480 e. The van der Waals surface area contributed by atoms with E-state index in [9.17, 15) is 22.8 Å². The Morgan fingerprint density at radius 1 is 1.21 bits per heavy atom. The van der Waals surface area contributed by atoms with Crippen LogP contribution in [0.2, 0.25) is 0 Å². The van der Waals surface area contributed by atoms with E-state index in [2.05, 4.69) is 31.5 Å². The molecule has 2 heterocycles. The number of carbonyl (C=O) groups excluding carboxylic acids is 2. The number of hydrogen-bond donors (Lipinski definition) is 4. The van der Waals surface area contributed by atoms with Crippen LogP contribution < -0.4 is 26.2 Å². The molecule has 0 aromatic carbocycles. The SMILES string of the molecule is COc1cnc(CC(=O)NC2CC([C@H]3CC[C@@H](OC(=O)NC(C)CC(F)(F)F)C3)NN2)cn1. The van der Waals surface area contributed by atoms with Crippen molar-refractivity contribution in [3.63, 3.8) is 0 Å². The van der Waals surface area contributed by atoms with Crippen LogP contribution in [0.3, 0.4) is 0 Å². The van der Waals surface area contributed by atoms with Crippen molar-refractivity contribution in [1.29, 1.82) is 0 Å². The molecule has 1 aliphatic carbocycles. The van der Waals surface area contributed by atoms with E-state index in [1.807, 2.05) is 0 Å². The van der Waals surface area contributed by atoms with Crippen molar-refractivity contribution < 1.29 is 32.2 Å². The summed E-state index contributed by atoms with van der Waals surface area (Å²) in [4.78, 5) is 32.3. The van der Waals surface area contributed by atoms with Gasteiger partial charge in [-0.3, -0.25) is 15.2 Å². The predicted octanol–water partition coefficient (Wildman–Crippen LogP) is 1.57. The number of nitrogens with zero attached hydrogens (tertiary/aromatic N) is 2. The van der Waals surface area contributed by atoms with Crippen LogP contribution >= 0.6 is 0 Å². The highest BCUT2D eigenvalue weighted by molar-refractivity contribution is 5.78.